The molecule has 2 aromatic rings. The first kappa shape index (κ1) is 21.9. The molecule has 1 aromatic carbocycles. The molecule has 3 fully saturated rings. The monoisotopic (exact) mass is 479 g/mol. The number of rotatable bonds is 5. The molecule has 2 saturated heterocycles. The number of ether oxygens (including phenoxy) is 1. The van der Waals surface area contributed by atoms with Crippen molar-refractivity contribution in [2.45, 2.75) is 64.2 Å². The molecule has 1 saturated carbocycles. The summed E-state index contributed by atoms with van der Waals surface area (Å²) in [5.41, 5.74) is 1.59. The van der Waals surface area contributed by atoms with E-state index in [0.717, 1.165) is 30.5 Å². The van der Waals surface area contributed by atoms with E-state index in [2.05, 4.69) is 0 Å². The fourth-order valence-electron chi connectivity index (χ4n) is 5.56. The van der Waals surface area contributed by atoms with Crippen LogP contribution in [-0.4, -0.2) is 68.7 Å². The number of aromatic nitrogens is 2. The topological polar surface area (TPSA) is 108 Å². The van der Waals surface area contributed by atoms with Gasteiger partial charge in [-0.25, -0.2) is 14.6 Å². The third kappa shape index (κ3) is 3.45. The van der Waals surface area contributed by atoms with Gasteiger partial charge in [-0.05, 0) is 43.7 Å². The van der Waals surface area contributed by atoms with E-state index in [-0.39, 0.29) is 23.9 Å². The van der Waals surface area contributed by atoms with Crippen molar-refractivity contribution < 1.29 is 24.2 Å². The SMILES string of the molecule is CC(C)[C@H]1C(=O)N(C2CC2)C(=O)N1c1cn2c(n1)-c1ccc(N3CCC[C@H]3C(=O)O)cc1OCC2. The van der Waals surface area contributed by atoms with Gasteiger partial charge in [0.15, 0.2) is 5.82 Å². The minimum atomic E-state index is -0.816. The number of benzene rings is 1. The van der Waals surface area contributed by atoms with E-state index in [9.17, 15) is 19.5 Å². The molecule has 0 bridgehead atoms. The Balaban J connectivity index is 1.37. The smallest absolute Gasteiger partial charge is 0.333 e. The molecule has 35 heavy (non-hydrogen) atoms. The molecule has 4 aliphatic rings. The highest BCUT2D eigenvalue weighted by atomic mass is 16.5. The molecule has 0 unspecified atom stereocenters. The number of carboxylic acid groups (broad SMARTS) is 1. The summed E-state index contributed by atoms with van der Waals surface area (Å²) in [5.74, 6) is 0.785. The Bertz CT molecular complexity index is 1220. The van der Waals surface area contributed by atoms with Crippen LogP contribution in [0.25, 0.3) is 11.4 Å². The van der Waals surface area contributed by atoms with Crippen LogP contribution in [0.15, 0.2) is 24.4 Å². The number of carboxylic acids is 1. The van der Waals surface area contributed by atoms with Gasteiger partial charge >= 0.3 is 12.0 Å². The minimum Gasteiger partial charge on any atom is -0.491 e. The van der Waals surface area contributed by atoms with Crippen LogP contribution >= 0.6 is 0 Å². The lowest BCUT2D eigenvalue weighted by Crippen LogP contribution is -2.39. The van der Waals surface area contributed by atoms with E-state index < -0.39 is 18.1 Å². The van der Waals surface area contributed by atoms with Crippen LogP contribution in [0.5, 0.6) is 5.75 Å². The zero-order valence-corrected chi connectivity index (χ0v) is 19.9. The summed E-state index contributed by atoms with van der Waals surface area (Å²) in [6.07, 6.45) is 5.02. The number of fused-ring (bicyclic) bond motifs is 3. The van der Waals surface area contributed by atoms with Crippen LogP contribution < -0.4 is 14.5 Å². The average molecular weight is 480 g/mol. The average Bonchev–Trinajstić information content (AvgIpc) is 3.31. The molecule has 0 radical (unpaired) electrons. The van der Waals surface area contributed by atoms with Crippen molar-refractivity contribution in [3.63, 3.8) is 0 Å². The molecule has 1 aliphatic carbocycles. The van der Waals surface area contributed by atoms with Gasteiger partial charge < -0.3 is 19.3 Å². The van der Waals surface area contributed by atoms with Crippen LogP contribution in [0, 0.1) is 5.92 Å². The van der Waals surface area contributed by atoms with E-state index in [1.807, 2.05) is 47.7 Å². The van der Waals surface area contributed by atoms with E-state index >= 15 is 0 Å². The largest absolute Gasteiger partial charge is 0.491 e. The molecule has 184 valence electrons. The fourth-order valence-corrected chi connectivity index (χ4v) is 5.56. The van der Waals surface area contributed by atoms with E-state index in [1.165, 1.54) is 4.90 Å². The predicted molar refractivity (Wildman–Crippen MR) is 128 cm³/mol. The van der Waals surface area contributed by atoms with Gasteiger partial charge in [0.25, 0.3) is 5.91 Å². The summed E-state index contributed by atoms with van der Waals surface area (Å²) in [7, 11) is 0. The highest BCUT2D eigenvalue weighted by Crippen LogP contribution is 2.41. The summed E-state index contributed by atoms with van der Waals surface area (Å²) >= 11 is 0. The number of urea groups is 1. The van der Waals surface area contributed by atoms with Crippen LogP contribution in [-0.2, 0) is 16.1 Å². The molecule has 0 spiro atoms. The van der Waals surface area contributed by atoms with Crippen LogP contribution in [0.4, 0.5) is 16.3 Å². The fraction of sp³-hybridized carbons (Fsp3) is 0.520. The molecular weight excluding hydrogens is 450 g/mol. The molecule has 10 heteroatoms. The molecule has 6 rings (SSSR count). The number of hydrogen-bond donors (Lipinski definition) is 1. The standard InChI is InChI=1S/C25H29N5O5/c1-14(2)21-23(31)29(15-5-6-15)25(34)30(21)20-13-27-10-11-35-19-12-16(7-8-17(19)22(27)26-20)28-9-3-4-18(28)24(32)33/h7-8,12-15,18,21H,3-6,9-11H2,1-2H3,(H,32,33)/t18-,21-/m0/s1. The van der Waals surface area contributed by atoms with Crippen molar-refractivity contribution in [3.05, 3.63) is 24.4 Å². The van der Waals surface area contributed by atoms with Gasteiger partial charge in [-0.2, -0.15) is 0 Å². The summed E-state index contributed by atoms with van der Waals surface area (Å²) in [6.45, 7) is 5.55. The maximum atomic E-state index is 13.3. The summed E-state index contributed by atoms with van der Waals surface area (Å²) in [6, 6.07) is 4.32. The van der Waals surface area contributed by atoms with Gasteiger partial charge in [-0.15, -0.1) is 0 Å². The second kappa shape index (κ2) is 8.00. The third-order valence-corrected chi connectivity index (χ3v) is 7.40. The van der Waals surface area contributed by atoms with Crippen LogP contribution in [0.3, 0.4) is 0 Å². The van der Waals surface area contributed by atoms with Crippen molar-refractivity contribution in [3.8, 4) is 17.1 Å². The van der Waals surface area contributed by atoms with Crippen molar-refractivity contribution in [2.75, 3.05) is 23.0 Å². The lowest BCUT2D eigenvalue weighted by atomic mass is 10.0. The Morgan fingerprint density at radius 2 is 1.94 bits per heavy atom. The van der Waals surface area contributed by atoms with Gasteiger partial charge in [-0.1, -0.05) is 13.8 Å². The zero-order valence-electron chi connectivity index (χ0n) is 19.9. The number of aliphatic carboxylic acids is 1. The molecule has 10 nitrogen and oxygen atoms in total. The zero-order chi connectivity index (χ0) is 24.4. The molecule has 2 atom stereocenters. The number of hydrogen-bond acceptors (Lipinski definition) is 6. The molecule has 3 aliphatic heterocycles. The number of carbonyl (C=O) groups excluding carboxylic acids is 2. The van der Waals surface area contributed by atoms with Gasteiger partial charge in [0.1, 0.15) is 30.3 Å². The van der Waals surface area contributed by atoms with E-state index in [0.29, 0.717) is 43.5 Å². The van der Waals surface area contributed by atoms with Crippen molar-refractivity contribution in [1.82, 2.24) is 14.5 Å². The Morgan fingerprint density at radius 1 is 1.14 bits per heavy atom. The Hall–Kier alpha value is -3.56. The lowest BCUT2D eigenvalue weighted by molar-refractivity contribution is -0.138. The third-order valence-electron chi connectivity index (χ3n) is 7.40. The van der Waals surface area contributed by atoms with Crippen molar-refractivity contribution in [1.29, 1.82) is 0 Å². The number of imidazole rings is 1. The van der Waals surface area contributed by atoms with Crippen LogP contribution in [0.1, 0.15) is 39.5 Å². The van der Waals surface area contributed by atoms with Crippen molar-refractivity contribution in [2.24, 2.45) is 5.92 Å². The maximum Gasteiger partial charge on any atom is 0.333 e. The second-order valence-electron chi connectivity index (χ2n) is 10.1. The molecule has 3 amide bonds. The molecule has 1 N–H and O–H groups in total. The Labute approximate surface area is 203 Å². The molecule has 4 heterocycles. The normalized spacial score (nSPS) is 24.0. The highest BCUT2D eigenvalue weighted by molar-refractivity contribution is 6.14. The second-order valence-corrected chi connectivity index (χ2v) is 10.1. The van der Waals surface area contributed by atoms with Gasteiger partial charge in [0.2, 0.25) is 0 Å². The number of amides is 3. The quantitative estimate of drug-likeness (QED) is 0.657. The summed E-state index contributed by atoms with van der Waals surface area (Å²) < 4.78 is 7.99. The number of nitrogens with zero attached hydrogens (tertiary/aromatic N) is 5. The Kier molecular flexibility index (Phi) is 5.01. The van der Waals surface area contributed by atoms with E-state index in [4.69, 9.17) is 9.72 Å². The first-order valence-corrected chi connectivity index (χ1v) is 12.3. The Morgan fingerprint density at radius 3 is 2.66 bits per heavy atom. The van der Waals surface area contributed by atoms with Crippen molar-refractivity contribution >= 4 is 29.4 Å². The highest BCUT2D eigenvalue weighted by Gasteiger charge is 2.53. The minimum absolute atomic E-state index is 0.00875. The predicted octanol–water partition coefficient (Wildman–Crippen LogP) is 2.95. The molecular formula is C25H29N5O5. The van der Waals surface area contributed by atoms with Crippen LogP contribution in [0.2, 0.25) is 0 Å². The number of carbonyl (C=O) groups is 3. The number of anilines is 2. The number of imide groups is 1. The van der Waals surface area contributed by atoms with Gasteiger partial charge in [0.05, 0.1) is 12.1 Å². The summed E-state index contributed by atoms with van der Waals surface area (Å²) in [4.78, 5) is 47.8. The van der Waals surface area contributed by atoms with Gasteiger partial charge in [-0.3, -0.25) is 14.6 Å². The first-order valence-electron chi connectivity index (χ1n) is 12.3. The van der Waals surface area contributed by atoms with E-state index in [1.54, 1.807) is 4.90 Å². The molecule has 1 aromatic heterocycles. The van der Waals surface area contributed by atoms with Gasteiger partial charge in [0, 0.05) is 30.5 Å². The maximum absolute atomic E-state index is 13.3. The lowest BCUT2D eigenvalue weighted by Gasteiger charge is -2.24. The first-order chi connectivity index (χ1) is 16.8. The summed E-state index contributed by atoms with van der Waals surface area (Å²) in [5, 5.41) is 9.58.